The molecular formula is C9H7N3O2. The van der Waals surface area contributed by atoms with Gasteiger partial charge in [-0.3, -0.25) is 4.79 Å². The van der Waals surface area contributed by atoms with Gasteiger partial charge in [0.05, 0.1) is 17.5 Å². The van der Waals surface area contributed by atoms with E-state index in [0.29, 0.717) is 23.0 Å². The molecule has 2 aromatic rings. The molecular weight excluding hydrogens is 182 g/mol. The molecule has 0 aromatic carbocycles. The molecule has 0 saturated carbocycles. The van der Waals surface area contributed by atoms with E-state index in [1.807, 2.05) is 0 Å². The van der Waals surface area contributed by atoms with Crippen LogP contribution in [0, 0.1) is 0 Å². The summed E-state index contributed by atoms with van der Waals surface area (Å²) < 4.78 is 0. The molecule has 0 amide bonds. The van der Waals surface area contributed by atoms with E-state index < -0.39 is 0 Å². The Labute approximate surface area is 79.1 Å². The van der Waals surface area contributed by atoms with Gasteiger partial charge in [-0.25, -0.2) is 9.97 Å². The van der Waals surface area contributed by atoms with E-state index in [-0.39, 0.29) is 5.57 Å². The molecule has 2 N–H and O–H groups in total. The van der Waals surface area contributed by atoms with E-state index in [1.54, 1.807) is 12.3 Å². The molecule has 0 bridgehead atoms. The summed E-state index contributed by atoms with van der Waals surface area (Å²) in [5.74, 6) is 0. The fraction of sp³-hybridized carbons (Fsp3) is 0. The van der Waals surface area contributed by atoms with Gasteiger partial charge in [-0.2, -0.15) is 0 Å². The SMILES string of the molecule is O=C/C(=C/O)c1ncnc2[nH]ccc12. The molecule has 2 heterocycles. The number of carbonyl (C=O) groups is 1. The maximum atomic E-state index is 10.6. The summed E-state index contributed by atoms with van der Waals surface area (Å²) in [7, 11) is 0. The summed E-state index contributed by atoms with van der Waals surface area (Å²) in [6, 6.07) is 1.75. The number of fused-ring (bicyclic) bond motifs is 1. The first-order valence-electron chi connectivity index (χ1n) is 3.95. The normalized spacial score (nSPS) is 11.9. The largest absolute Gasteiger partial charge is 0.515 e. The molecule has 2 aromatic heterocycles. The second-order valence-electron chi connectivity index (χ2n) is 2.66. The highest BCUT2D eigenvalue weighted by Crippen LogP contribution is 2.18. The topological polar surface area (TPSA) is 78.9 Å². The molecule has 70 valence electrons. The van der Waals surface area contributed by atoms with Gasteiger partial charge in [-0.05, 0) is 6.07 Å². The van der Waals surface area contributed by atoms with Gasteiger partial charge in [0.1, 0.15) is 12.0 Å². The number of nitrogens with zero attached hydrogens (tertiary/aromatic N) is 2. The minimum absolute atomic E-state index is 0.136. The summed E-state index contributed by atoms with van der Waals surface area (Å²) in [4.78, 5) is 21.4. The third kappa shape index (κ3) is 1.15. The van der Waals surface area contributed by atoms with E-state index in [1.165, 1.54) is 6.33 Å². The average molecular weight is 189 g/mol. The minimum Gasteiger partial charge on any atom is -0.515 e. The van der Waals surface area contributed by atoms with Gasteiger partial charge >= 0.3 is 0 Å². The Hall–Kier alpha value is -2.17. The Morgan fingerprint density at radius 1 is 1.50 bits per heavy atom. The summed E-state index contributed by atoms with van der Waals surface area (Å²) in [6.07, 6.45) is 4.32. The molecule has 0 aliphatic heterocycles. The summed E-state index contributed by atoms with van der Waals surface area (Å²) in [5, 5.41) is 9.52. The molecule has 0 spiro atoms. The molecule has 0 aliphatic carbocycles. The summed E-state index contributed by atoms with van der Waals surface area (Å²) in [6.45, 7) is 0. The second-order valence-corrected chi connectivity index (χ2v) is 2.66. The van der Waals surface area contributed by atoms with Crippen molar-refractivity contribution in [3.05, 3.63) is 30.5 Å². The fourth-order valence-corrected chi connectivity index (χ4v) is 1.25. The van der Waals surface area contributed by atoms with Crippen LogP contribution in [0.25, 0.3) is 16.6 Å². The van der Waals surface area contributed by atoms with Crippen LogP contribution in [0.2, 0.25) is 0 Å². The highest BCUT2D eigenvalue weighted by atomic mass is 16.2. The molecule has 0 fully saturated rings. The van der Waals surface area contributed by atoms with Gasteiger partial charge in [0.15, 0.2) is 6.29 Å². The van der Waals surface area contributed by atoms with Crippen molar-refractivity contribution in [2.45, 2.75) is 0 Å². The van der Waals surface area contributed by atoms with Gasteiger partial charge in [0, 0.05) is 11.6 Å². The van der Waals surface area contributed by atoms with Crippen LogP contribution >= 0.6 is 0 Å². The van der Waals surface area contributed by atoms with Gasteiger partial charge in [0.2, 0.25) is 0 Å². The van der Waals surface area contributed by atoms with Crippen molar-refractivity contribution in [2.24, 2.45) is 0 Å². The Bertz CT molecular complexity index is 501. The van der Waals surface area contributed by atoms with Crippen molar-refractivity contribution in [2.75, 3.05) is 0 Å². The number of aliphatic hydroxyl groups is 1. The number of hydrogen-bond donors (Lipinski definition) is 2. The number of hydrogen-bond acceptors (Lipinski definition) is 4. The monoisotopic (exact) mass is 189 g/mol. The molecule has 0 atom stereocenters. The molecule has 14 heavy (non-hydrogen) atoms. The van der Waals surface area contributed by atoms with Gasteiger partial charge in [-0.15, -0.1) is 0 Å². The lowest BCUT2D eigenvalue weighted by molar-refractivity contribution is -0.103. The first-order valence-corrected chi connectivity index (χ1v) is 3.95. The smallest absolute Gasteiger partial charge is 0.155 e. The van der Waals surface area contributed by atoms with Crippen LogP contribution in [0.4, 0.5) is 0 Å². The van der Waals surface area contributed by atoms with Crippen LogP contribution in [0.3, 0.4) is 0 Å². The van der Waals surface area contributed by atoms with E-state index in [0.717, 1.165) is 6.26 Å². The van der Waals surface area contributed by atoms with E-state index in [9.17, 15) is 4.79 Å². The van der Waals surface area contributed by atoms with Crippen molar-refractivity contribution >= 4 is 22.9 Å². The Morgan fingerprint density at radius 3 is 3.07 bits per heavy atom. The molecule has 0 aliphatic rings. The van der Waals surface area contributed by atoms with Crippen LogP contribution in [0.1, 0.15) is 5.69 Å². The van der Waals surface area contributed by atoms with Crippen molar-refractivity contribution in [1.29, 1.82) is 0 Å². The van der Waals surface area contributed by atoms with Gasteiger partial charge < -0.3 is 10.1 Å². The second kappa shape index (κ2) is 3.29. The molecule has 5 nitrogen and oxygen atoms in total. The fourth-order valence-electron chi connectivity index (χ4n) is 1.25. The van der Waals surface area contributed by atoms with Crippen molar-refractivity contribution in [3.8, 4) is 0 Å². The zero-order valence-electron chi connectivity index (χ0n) is 7.14. The van der Waals surface area contributed by atoms with Crippen molar-refractivity contribution in [1.82, 2.24) is 15.0 Å². The zero-order valence-corrected chi connectivity index (χ0v) is 7.14. The first kappa shape index (κ1) is 8.43. The molecule has 0 saturated heterocycles. The maximum absolute atomic E-state index is 10.6. The summed E-state index contributed by atoms with van der Waals surface area (Å²) >= 11 is 0. The van der Waals surface area contributed by atoms with Crippen LogP contribution < -0.4 is 0 Å². The number of allylic oxidation sites excluding steroid dienone is 1. The van der Waals surface area contributed by atoms with Crippen molar-refractivity contribution in [3.63, 3.8) is 0 Å². The van der Waals surface area contributed by atoms with Crippen LogP contribution in [0.5, 0.6) is 0 Å². The lowest BCUT2D eigenvalue weighted by Gasteiger charge is -1.98. The third-order valence-electron chi connectivity index (χ3n) is 1.89. The number of H-pyrrole nitrogens is 1. The standard InChI is InChI=1S/C9H7N3O2/c13-3-6(4-14)8-7-1-2-10-9(7)12-5-11-8/h1-5,13H,(H,10,11,12)/b6-3-. The van der Waals surface area contributed by atoms with Crippen LogP contribution in [-0.4, -0.2) is 26.3 Å². The van der Waals surface area contributed by atoms with Gasteiger partial charge in [-0.1, -0.05) is 0 Å². The number of aromatic amines is 1. The zero-order chi connectivity index (χ0) is 9.97. The van der Waals surface area contributed by atoms with Crippen molar-refractivity contribution < 1.29 is 9.90 Å². The number of rotatable bonds is 2. The molecule has 0 unspecified atom stereocenters. The predicted molar refractivity (Wildman–Crippen MR) is 50.6 cm³/mol. The molecule has 0 radical (unpaired) electrons. The third-order valence-corrected chi connectivity index (χ3v) is 1.89. The number of carbonyl (C=O) groups excluding carboxylic acids is 1. The van der Waals surface area contributed by atoms with E-state index >= 15 is 0 Å². The maximum Gasteiger partial charge on any atom is 0.155 e. The Morgan fingerprint density at radius 2 is 2.36 bits per heavy atom. The highest BCUT2D eigenvalue weighted by molar-refractivity contribution is 6.10. The molecule has 2 rings (SSSR count). The predicted octanol–water partition coefficient (Wildman–Crippen LogP) is 1.06. The van der Waals surface area contributed by atoms with Crippen LogP contribution in [0.15, 0.2) is 24.9 Å². The Kier molecular flexibility index (Phi) is 1.98. The van der Waals surface area contributed by atoms with Gasteiger partial charge in [0.25, 0.3) is 0 Å². The summed E-state index contributed by atoms with van der Waals surface area (Å²) in [5.41, 5.74) is 1.20. The minimum atomic E-state index is 0.136. The number of aldehydes is 1. The number of nitrogens with one attached hydrogen (secondary N) is 1. The Balaban J connectivity index is 2.73. The lowest BCUT2D eigenvalue weighted by atomic mass is 10.1. The number of aromatic nitrogens is 3. The highest BCUT2D eigenvalue weighted by Gasteiger charge is 2.08. The van der Waals surface area contributed by atoms with E-state index in [2.05, 4.69) is 15.0 Å². The average Bonchev–Trinajstić information content (AvgIpc) is 2.68. The quantitative estimate of drug-likeness (QED) is 0.420. The van der Waals surface area contributed by atoms with E-state index in [4.69, 9.17) is 5.11 Å². The first-order chi connectivity index (χ1) is 6.86. The number of aliphatic hydroxyl groups excluding tert-OH is 1. The van der Waals surface area contributed by atoms with Crippen LogP contribution in [-0.2, 0) is 4.79 Å². The molecule has 5 heteroatoms. The lowest BCUT2D eigenvalue weighted by Crippen LogP contribution is -1.93.